The van der Waals surface area contributed by atoms with E-state index in [0.29, 0.717) is 6.04 Å². The normalized spacial score (nSPS) is 26.2. The second kappa shape index (κ2) is 6.59. The van der Waals surface area contributed by atoms with Gasteiger partial charge in [-0.25, -0.2) is 4.79 Å². The van der Waals surface area contributed by atoms with E-state index in [9.17, 15) is 9.59 Å². The number of hydrogen-bond donors (Lipinski definition) is 3. The quantitative estimate of drug-likeness (QED) is 0.689. The van der Waals surface area contributed by atoms with Crippen molar-refractivity contribution in [2.24, 2.45) is 11.7 Å². The van der Waals surface area contributed by atoms with Crippen LogP contribution in [0.15, 0.2) is 0 Å². The first kappa shape index (κ1) is 14.0. The van der Waals surface area contributed by atoms with E-state index in [1.807, 2.05) is 0 Å². The van der Waals surface area contributed by atoms with Crippen LogP contribution in [0.2, 0.25) is 0 Å². The maximum Gasteiger partial charge on any atom is 0.318 e. The minimum absolute atomic E-state index is 0.351. The highest BCUT2D eigenvalue weighted by molar-refractivity contribution is 5.96. The number of imide groups is 1. The van der Waals surface area contributed by atoms with Gasteiger partial charge in [0.2, 0.25) is 5.91 Å². The first-order chi connectivity index (χ1) is 8.02. The Bertz CT molecular complexity index is 281. The van der Waals surface area contributed by atoms with E-state index in [-0.39, 0.29) is 11.9 Å². The van der Waals surface area contributed by atoms with Crippen molar-refractivity contribution in [1.82, 2.24) is 10.6 Å². The van der Waals surface area contributed by atoms with E-state index in [2.05, 4.69) is 17.6 Å². The van der Waals surface area contributed by atoms with Crippen LogP contribution in [0.3, 0.4) is 0 Å². The lowest BCUT2D eigenvalue weighted by Gasteiger charge is -2.31. The number of urea groups is 1. The lowest BCUT2D eigenvalue weighted by Crippen LogP contribution is -2.50. The highest BCUT2D eigenvalue weighted by Gasteiger charge is 2.24. The van der Waals surface area contributed by atoms with Gasteiger partial charge in [-0.05, 0) is 25.7 Å². The molecule has 98 valence electrons. The Balaban J connectivity index is 2.37. The summed E-state index contributed by atoms with van der Waals surface area (Å²) >= 11 is 0. The van der Waals surface area contributed by atoms with E-state index >= 15 is 0 Å². The summed E-state index contributed by atoms with van der Waals surface area (Å²) in [5, 5.41) is 5.36. The molecule has 1 rings (SSSR count). The Morgan fingerprint density at radius 2 is 2.12 bits per heavy atom. The molecule has 0 aromatic heterocycles. The molecule has 3 amide bonds. The molecule has 0 spiro atoms. The van der Waals surface area contributed by atoms with E-state index < -0.39 is 6.03 Å². The number of nitrogens with one attached hydrogen (secondary N) is 2. The van der Waals surface area contributed by atoms with Crippen molar-refractivity contribution in [2.75, 3.05) is 0 Å². The number of rotatable bonds is 4. The molecular weight excluding hydrogens is 218 g/mol. The molecule has 0 radical (unpaired) electrons. The number of carbonyl (C=O) groups excluding carboxylic acids is 2. The van der Waals surface area contributed by atoms with E-state index in [4.69, 9.17) is 5.73 Å². The number of carbonyl (C=O) groups is 2. The van der Waals surface area contributed by atoms with Gasteiger partial charge in [-0.2, -0.15) is 0 Å². The van der Waals surface area contributed by atoms with E-state index in [0.717, 1.165) is 18.8 Å². The molecule has 0 saturated heterocycles. The molecule has 0 aliphatic heterocycles. The molecule has 4 N–H and O–H groups in total. The molecule has 5 heteroatoms. The van der Waals surface area contributed by atoms with Crippen LogP contribution in [0.5, 0.6) is 0 Å². The van der Waals surface area contributed by atoms with Crippen molar-refractivity contribution in [3.05, 3.63) is 0 Å². The van der Waals surface area contributed by atoms with Crippen LogP contribution in [-0.2, 0) is 4.79 Å². The van der Waals surface area contributed by atoms with Gasteiger partial charge in [0.25, 0.3) is 0 Å². The summed E-state index contributed by atoms with van der Waals surface area (Å²) in [7, 11) is 0. The topological polar surface area (TPSA) is 84.2 Å². The summed E-state index contributed by atoms with van der Waals surface area (Å²) in [5.74, 6) is 0.406. The number of hydrogen-bond acceptors (Lipinski definition) is 3. The van der Waals surface area contributed by atoms with Crippen LogP contribution in [0.1, 0.15) is 46.0 Å². The maximum absolute atomic E-state index is 11.5. The molecule has 5 nitrogen and oxygen atoms in total. The highest BCUT2D eigenvalue weighted by atomic mass is 16.2. The Morgan fingerprint density at radius 1 is 1.41 bits per heavy atom. The van der Waals surface area contributed by atoms with E-state index in [1.54, 1.807) is 6.92 Å². The van der Waals surface area contributed by atoms with Gasteiger partial charge >= 0.3 is 6.03 Å². The molecule has 0 aromatic rings. The summed E-state index contributed by atoms with van der Waals surface area (Å²) in [6.45, 7) is 3.96. The molecule has 0 aromatic carbocycles. The van der Waals surface area contributed by atoms with Gasteiger partial charge in [0, 0.05) is 6.04 Å². The van der Waals surface area contributed by atoms with Crippen LogP contribution < -0.4 is 16.4 Å². The van der Waals surface area contributed by atoms with Gasteiger partial charge in [0.15, 0.2) is 0 Å². The third kappa shape index (κ3) is 4.73. The SMILES string of the molecule is CCC1CCCC(NC(C)C(=O)NC(N)=O)C1. The van der Waals surface area contributed by atoms with Crippen molar-refractivity contribution in [3.8, 4) is 0 Å². The smallest absolute Gasteiger partial charge is 0.318 e. The second-order valence-electron chi connectivity index (χ2n) is 4.88. The molecule has 17 heavy (non-hydrogen) atoms. The summed E-state index contributed by atoms with van der Waals surface area (Å²) in [6.07, 6.45) is 5.91. The van der Waals surface area contributed by atoms with Crippen LogP contribution in [0.4, 0.5) is 4.79 Å². The molecule has 0 heterocycles. The van der Waals surface area contributed by atoms with Gasteiger partial charge in [-0.1, -0.05) is 26.2 Å². The summed E-state index contributed by atoms with van der Waals surface area (Å²) < 4.78 is 0. The number of nitrogens with two attached hydrogens (primary N) is 1. The van der Waals surface area contributed by atoms with Crippen molar-refractivity contribution < 1.29 is 9.59 Å². The van der Waals surface area contributed by atoms with Crippen molar-refractivity contribution in [2.45, 2.75) is 58.0 Å². The fourth-order valence-corrected chi connectivity index (χ4v) is 2.47. The van der Waals surface area contributed by atoms with Crippen molar-refractivity contribution >= 4 is 11.9 Å². The molecule has 3 unspecified atom stereocenters. The van der Waals surface area contributed by atoms with Crippen LogP contribution in [0, 0.1) is 5.92 Å². The Hall–Kier alpha value is -1.10. The summed E-state index contributed by atoms with van der Waals surface area (Å²) in [4.78, 5) is 22.1. The second-order valence-corrected chi connectivity index (χ2v) is 4.88. The first-order valence-corrected chi connectivity index (χ1v) is 6.39. The zero-order valence-corrected chi connectivity index (χ0v) is 10.7. The minimum atomic E-state index is -0.793. The Kier molecular flexibility index (Phi) is 5.41. The number of amides is 3. The first-order valence-electron chi connectivity index (χ1n) is 6.39. The summed E-state index contributed by atoms with van der Waals surface area (Å²) in [5.41, 5.74) is 4.91. The van der Waals surface area contributed by atoms with Gasteiger partial charge in [0.05, 0.1) is 6.04 Å². The fraction of sp³-hybridized carbons (Fsp3) is 0.833. The number of primary amides is 1. The fourth-order valence-electron chi connectivity index (χ4n) is 2.47. The third-order valence-electron chi connectivity index (χ3n) is 3.49. The van der Waals surface area contributed by atoms with E-state index in [1.165, 1.54) is 19.3 Å². The van der Waals surface area contributed by atoms with Crippen LogP contribution >= 0.6 is 0 Å². The largest absolute Gasteiger partial charge is 0.351 e. The summed E-state index contributed by atoms with van der Waals surface area (Å²) in [6, 6.07) is -0.788. The van der Waals surface area contributed by atoms with Crippen molar-refractivity contribution in [3.63, 3.8) is 0 Å². The van der Waals surface area contributed by atoms with Gasteiger partial charge in [-0.3, -0.25) is 10.1 Å². The molecule has 0 bridgehead atoms. The molecule has 1 aliphatic carbocycles. The predicted molar refractivity (Wildman–Crippen MR) is 66.4 cm³/mol. The lowest BCUT2D eigenvalue weighted by molar-refractivity contribution is -0.121. The van der Waals surface area contributed by atoms with Gasteiger partial charge < -0.3 is 11.1 Å². The van der Waals surface area contributed by atoms with Crippen LogP contribution in [-0.4, -0.2) is 24.0 Å². The zero-order chi connectivity index (χ0) is 12.8. The molecule has 1 aliphatic rings. The zero-order valence-electron chi connectivity index (χ0n) is 10.7. The maximum atomic E-state index is 11.5. The molecule has 1 fully saturated rings. The minimum Gasteiger partial charge on any atom is -0.351 e. The third-order valence-corrected chi connectivity index (χ3v) is 3.49. The van der Waals surface area contributed by atoms with Gasteiger partial charge in [-0.15, -0.1) is 0 Å². The van der Waals surface area contributed by atoms with Crippen molar-refractivity contribution in [1.29, 1.82) is 0 Å². The molecule has 1 saturated carbocycles. The standard InChI is InChI=1S/C12H23N3O2/c1-3-9-5-4-6-10(7-9)14-8(2)11(16)15-12(13)17/h8-10,14H,3-7H2,1-2H3,(H3,13,15,16,17). The van der Waals surface area contributed by atoms with Gasteiger partial charge in [0.1, 0.15) is 0 Å². The average Bonchev–Trinajstić information content (AvgIpc) is 2.28. The predicted octanol–water partition coefficient (Wildman–Crippen LogP) is 1.13. The lowest BCUT2D eigenvalue weighted by atomic mass is 9.84. The Morgan fingerprint density at radius 3 is 2.71 bits per heavy atom. The Labute approximate surface area is 103 Å². The average molecular weight is 241 g/mol. The van der Waals surface area contributed by atoms with Crippen LogP contribution in [0.25, 0.3) is 0 Å². The monoisotopic (exact) mass is 241 g/mol. The molecule has 3 atom stereocenters. The highest BCUT2D eigenvalue weighted by Crippen LogP contribution is 2.26. The molecular formula is C12H23N3O2.